The fraction of sp³-hybridized carbons (Fsp3) is 0.125. The Balaban J connectivity index is 2.23. The highest BCUT2D eigenvalue weighted by molar-refractivity contribution is 6.32. The molecule has 0 spiro atoms. The van der Waals surface area contributed by atoms with Gasteiger partial charge in [-0.3, -0.25) is 0 Å². The van der Waals surface area contributed by atoms with Crippen molar-refractivity contribution in [2.75, 3.05) is 5.73 Å². The minimum absolute atomic E-state index is 0.449. The molecule has 2 aromatic heterocycles. The molecule has 0 aromatic carbocycles. The SMILES string of the molecule is Nc1c(Cl)cnn1Cc1ccncn1. The average Bonchev–Trinajstić information content (AvgIpc) is 2.52. The maximum Gasteiger partial charge on any atom is 0.141 e. The third-order valence-electron chi connectivity index (χ3n) is 1.79. The lowest BCUT2D eigenvalue weighted by atomic mass is 10.4. The maximum absolute atomic E-state index is 5.75. The maximum atomic E-state index is 5.75. The highest BCUT2D eigenvalue weighted by Gasteiger charge is 2.05. The number of hydrogen-bond donors (Lipinski definition) is 1. The van der Waals surface area contributed by atoms with E-state index in [9.17, 15) is 0 Å². The lowest BCUT2D eigenvalue weighted by Gasteiger charge is -2.02. The van der Waals surface area contributed by atoms with E-state index < -0.39 is 0 Å². The topological polar surface area (TPSA) is 69.6 Å². The van der Waals surface area contributed by atoms with Crippen molar-refractivity contribution in [3.8, 4) is 0 Å². The molecule has 0 aliphatic carbocycles. The van der Waals surface area contributed by atoms with E-state index in [2.05, 4.69) is 15.1 Å². The van der Waals surface area contributed by atoms with E-state index >= 15 is 0 Å². The van der Waals surface area contributed by atoms with Gasteiger partial charge < -0.3 is 5.73 Å². The van der Waals surface area contributed by atoms with Crippen molar-refractivity contribution >= 4 is 17.4 Å². The van der Waals surface area contributed by atoms with E-state index in [0.29, 0.717) is 17.4 Å². The number of anilines is 1. The lowest BCUT2D eigenvalue weighted by molar-refractivity contribution is 0.680. The highest BCUT2D eigenvalue weighted by atomic mass is 35.5. The molecule has 14 heavy (non-hydrogen) atoms. The molecule has 0 saturated heterocycles. The van der Waals surface area contributed by atoms with E-state index in [0.717, 1.165) is 5.69 Å². The van der Waals surface area contributed by atoms with Crippen LogP contribution in [0.4, 0.5) is 5.82 Å². The van der Waals surface area contributed by atoms with Crippen LogP contribution >= 0.6 is 11.6 Å². The first kappa shape index (κ1) is 8.96. The monoisotopic (exact) mass is 209 g/mol. The van der Waals surface area contributed by atoms with E-state index in [1.165, 1.54) is 12.5 Å². The second-order valence-electron chi connectivity index (χ2n) is 2.74. The summed E-state index contributed by atoms with van der Waals surface area (Å²) in [5, 5.41) is 4.47. The van der Waals surface area contributed by atoms with Crippen molar-refractivity contribution in [1.29, 1.82) is 0 Å². The number of rotatable bonds is 2. The van der Waals surface area contributed by atoms with Crippen LogP contribution in [0.15, 0.2) is 24.8 Å². The smallest absolute Gasteiger partial charge is 0.141 e. The molecular weight excluding hydrogens is 202 g/mol. The molecule has 2 N–H and O–H groups in total. The summed E-state index contributed by atoms with van der Waals surface area (Å²) in [4.78, 5) is 7.87. The number of nitrogen functional groups attached to an aromatic ring is 1. The van der Waals surface area contributed by atoms with Gasteiger partial charge in [-0.15, -0.1) is 0 Å². The van der Waals surface area contributed by atoms with Gasteiger partial charge in [-0.25, -0.2) is 14.6 Å². The van der Waals surface area contributed by atoms with Crippen molar-refractivity contribution in [2.45, 2.75) is 6.54 Å². The molecule has 2 heterocycles. The van der Waals surface area contributed by atoms with Gasteiger partial charge in [0.25, 0.3) is 0 Å². The minimum Gasteiger partial charge on any atom is -0.383 e. The molecule has 0 atom stereocenters. The third-order valence-corrected chi connectivity index (χ3v) is 2.08. The Labute approximate surface area is 85.5 Å². The number of nitrogens with two attached hydrogens (primary N) is 1. The summed E-state index contributed by atoms with van der Waals surface area (Å²) in [5.41, 5.74) is 6.51. The Bertz CT molecular complexity index is 425. The van der Waals surface area contributed by atoms with Crippen LogP contribution in [-0.4, -0.2) is 19.7 Å². The van der Waals surface area contributed by atoms with E-state index in [4.69, 9.17) is 17.3 Å². The number of nitrogens with zero attached hydrogens (tertiary/aromatic N) is 4. The summed E-state index contributed by atoms with van der Waals surface area (Å²) in [6.45, 7) is 0.501. The second kappa shape index (κ2) is 3.63. The molecule has 0 radical (unpaired) electrons. The van der Waals surface area contributed by atoms with Gasteiger partial charge in [0.1, 0.15) is 17.2 Å². The van der Waals surface area contributed by atoms with Gasteiger partial charge in [-0.1, -0.05) is 11.6 Å². The summed E-state index contributed by atoms with van der Waals surface area (Å²) in [6.07, 6.45) is 4.67. The molecule has 5 nitrogen and oxygen atoms in total. The van der Waals surface area contributed by atoms with Crippen LogP contribution in [0.5, 0.6) is 0 Å². The van der Waals surface area contributed by atoms with Crippen LogP contribution in [0.25, 0.3) is 0 Å². The van der Waals surface area contributed by atoms with E-state index in [1.54, 1.807) is 16.9 Å². The van der Waals surface area contributed by atoms with Crippen molar-refractivity contribution in [2.24, 2.45) is 0 Å². The van der Waals surface area contributed by atoms with Gasteiger partial charge >= 0.3 is 0 Å². The Morgan fingerprint density at radius 3 is 2.93 bits per heavy atom. The van der Waals surface area contributed by atoms with E-state index in [1.807, 2.05) is 0 Å². The van der Waals surface area contributed by atoms with Crippen LogP contribution in [0.2, 0.25) is 5.02 Å². The van der Waals surface area contributed by atoms with Crippen molar-refractivity contribution in [1.82, 2.24) is 19.7 Å². The van der Waals surface area contributed by atoms with Crippen molar-refractivity contribution < 1.29 is 0 Å². The molecule has 0 unspecified atom stereocenters. The third kappa shape index (κ3) is 1.67. The van der Waals surface area contributed by atoms with Crippen molar-refractivity contribution in [3.63, 3.8) is 0 Å². The first-order chi connectivity index (χ1) is 6.77. The van der Waals surface area contributed by atoms with Crippen LogP contribution in [0.1, 0.15) is 5.69 Å². The quantitative estimate of drug-likeness (QED) is 0.800. The fourth-order valence-corrected chi connectivity index (χ4v) is 1.20. The fourth-order valence-electron chi connectivity index (χ4n) is 1.06. The van der Waals surface area contributed by atoms with Gasteiger partial charge in [-0.2, -0.15) is 5.10 Å². The zero-order valence-electron chi connectivity index (χ0n) is 7.26. The largest absolute Gasteiger partial charge is 0.383 e. The zero-order chi connectivity index (χ0) is 9.97. The summed E-state index contributed by atoms with van der Waals surface area (Å²) in [7, 11) is 0. The van der Waals surface area contributed by atoms with Gasteiger partial charge in [-0.05, 0) is 6.07 Å². The molecule has 2 aromatic rings. The zero-order valence-corrected chi connectivity index (χ0v) is 8.02. The van der Waals surface area contributed by atoms with Gasteiger partial charge in [0.2, 0.25) is 0 Å². The number of aromatic nitrogens is 4. The summed E-state index contributed by atoms with van der Waals surface area (Å²) in [6, 6.07) is 1.80. The molecule has 0 bridgehead atoms. The Morgan fingerprint density at radius 1 is 1.50 bits per heavy atom. The molecule has 0 saturated carbocycles. The summed E-state index contributed by atoms with van der Waals surface area (Å²) in [5.74, 6) is 0.449. The molecular formula is C8H8ClN5. The molecule has 0 fully saturated rings. The minimum atomic E-state index is 0.449. The standard InChI is InChI=1S/C8H8ClN5/c9-7-3-13-14(8(7)10)4-6-1-2-11-5-12-6/h1-3,5H,4,10H2. The predicted molar refractivity (Wildman–Crippen MR) is 52.8 cm³/mol. The Hall–Kier alpha value is -1.62. The molecule has 0 aliphatic heterocycles. The Morgan fingerprint density at radius 2 is 2.36 bits per heavy atom. The Kier molecular flexibility index (Phi) is 2.32. The first-order valence-corrected chi connectivity index (χ1v) is 4.37. The molecule has 2 rings (SSSR count). The first-order valence-electron chi connectivity index (χ1n) is 3.99. The molecule has 0 aliphatic rings. The molecule has 72 valence electrons. The van der Waals surface area contributed by atoms with Gasteiger partial charge in [0.05, 0.1) is 18.4 Å². The lowest BCUT2D eigenvalue weighted by Crippen LogP contribution is -2.07. The van der Waals surface area contributed by atoms with Crippen LogP contribution < -0.4 is 5.73 Å². The van der Waals surface area contributed by atoms with Crippen LogP contribution in [0.3, 0.4) is 0 Å². The average molecular weight is 210 g/mol. The molecule has 0 amide bonds. The number of hydrogen-bond acceptors (Lipinski definition) is 4. The molecule has 6 heteroatoms. The normalized spacial score (nSPS) is 10.4. The summed E-state index contributed by atoms with van der Waals surface area (Å²) >= 11 is 5.75. The second-order valence-corrected chi connectivity index (χ2v) is 3.14. The van der Waals surface area contributed by atoms with E-state index in [-0.39, 0.29) is 0 Å². The highest BCUT2D eigenvalue weighted by Crippen LogP contribution is 2.17. The number of halogens is 1. The van der Waals surface area contributed by atoms with Gasteiger partial charge in [0.15, 0.2) is 0 Å². The van der Waals surface area contributed by atoms with Crippen LogP contribution in [0, 0.1) is 0 Å². The van der Waals surface area contributed by atoms with Crippen molar-refractivity contribution in [3.05, 3.63) is 35.5 Å². The predicted octanol–water partition coefficient (Wildman–Crippen LogP) is 0.957. The summed E-state index contributed by atoms with van der Waals surface area (Å²) < 4.78 is 1.59. The van der Waals surface area contributed by atoms with Gasteiger partial charge in [0, 0.05) is 6.20 Å². The van der Waals surface area contributed by atoms with Crippen LogP contribution in [-0.2, 0) is 6.54 Å².